The van der Waals surface area contributed by atoms with E-state index in [9.17, 15) is 0 Å². The van der Waals surface area contributed by atoms with Crippen molar-refractivity contribution in [1.29, 1.82) is 0 Å². The average molecular weight is 308 g/mol. The van der Waals surface area contributed by atoms with Crippen molar-refractivity contribution in [2.75, 3.05) is 0 Å². The summed E-state index contributed by atoms with van der Waals surface area (Å²) in [5.74, 6) is 1.00. The molecule has 2 aliphatic rings. The van der Waals surface area contributed by atoms with E-state index < -0.39 is 0 Å². The molecule has 0 spiro atoms. The van der Waals surface area contributed by atoms with E-state index in [0.29, 0.717) is 18.2 Å². The lowest BCUT2D eigenvalue weighted by Crippen LogP contribution is -2.51. The van der Waals surface area contributed by atoms with E-state index in [-0.39, 0.29) is 0 Å². The highest BCUT2D eigenvalue weighted by Crippen LogP contribution is 2.37. The SMILES string of the molecule is Clc1ccc(O[C@@H]2C[C@H]3CCC[C@@H](C2)N3)c2sccc12. The third-order valence-electron chi connectivity index (χ3n) is 4.49. The van der Waals surface area contributed by atoms with Crippen LogP contribution >= 0.6 is 22.9 Å². The van der Waals surface area contributed by atoms with Crippen molar-refractivity contribution >= 4 is 33.0 Å². The van der Waals surface area contributed by atoms with Gasteiger partial charge in [0.15, 0.2) is 0 Å². The van der Waals surface area contributed by atoms with Crippen LogP contribution in [0, 0.1) is 0 Å². The Balaban J connectivity index is 1.58. The number of thiophene rings is 1. The molecule has 3 atom stereocenters. The van der Waals surface area contributed by atoms with Gasteiger partial charge in [-0.25, -0.2) is 0 Å². The first-order chi connectivity index (χ1) is 9.79. The van der Waals surface area contributed by atoms with E-state index in [0.717, 1.165) is 29.0 Å². The van der Waals surface area contributed by atoms with E-state index in [1.807, 2.05) is 12.1 Å². The van der Waals surface area contributed by atoms with Gasteiger partial charge in [0, 0.05) is 22.5 Å². The largest absolute Gasteiger partial charge is 0.489 e. The summed E-state index contributed by atoms with van der Waals surface area (Å²) in [7, 11) is 0. The molecule has 2 aromatic rings. The fraction of sp³-hybridized carbons (Fsp3) is 0.500. The van der Waals surface area contributed by atoms with Crippen LogP contribution in [0.25, 0.3) is 10.1 Å². The van der Waals surface area contributed by atoms with Crippen LogP contribution < -0.4 is 10.1 Å². The molecular weight excluding hydrogens is 290 g/mol. The highest BCUT2D eigenvalue weighted by atomic mass is 35.5. The van der Waals surface area contributed by atoms with Crippen LogP contribution in [0.1, 0.15) is 32.1 Å². The summed E-state index contributed by atoms with van der Waals surface area (Å²) in [5.41, 5.74) is 0. The maximum Gasteiger partial charge on any atom is 0.137 e. The molecule has 2 aliphatic heterocycles. The van der Waals surface area contributed by atoms with E-state index in [1.54, 1.807) is 11.3 Å². The van der Waals surface area contributed by atoms with Crippen LogP contribution in [0.15, 0.2) is 23.6 Å². The summed E-state index contributed by atoms with van der Waals surface area (Å²) in [6, 6.07) is 7.36. The zero-order valence-electron chi connectivity index (χ0n) is 11.3. The molecule has 1 aromatic carbocycles. The Bertz CT molecular complexity index is 614. The van der Waals surface area contributed by atoms with Crippen LogP contribution in [-0.4, -0.2) is 18.2 Å². The van der Waals surface area contributed by atoms with Crippen molar-refractivity contribution in [3.8, 4) is 5.75 Å². The zero-order valence-corrected chi connectivity index (χ0v) is 12.8. The van der Waals surface area contributed by atoms with Gasteiger partial charge in [0.05, 0.1) is 4.70 Å². The minimum Gasteiger partial charge on any atom is -0.489 e. The Morgan fingerprint density at radius 2 is 1.95 bits per heavy atom. The zero-order chi connectivity index (χ0) is 13.5. The van der Waals surface area contributed by atoms with E-state index in [2.05, 4.69) is 16.8 Å². The van der Waals surface area contributed by atoms with E-state index >= 15 is 0 Å². The maximum absolute atomic E-state index is 6.33. The summed E-state index contributed by atoms with van der Waals surface area (Å²) in [6.45, 7) is 0. The number of nitrogens with one attached hydrogen (secondary N) is 1. The number of piperidine rings is 2. The second kappa shape index (κ2) is 5.21. The molecule has 0 saturated carbocycles. The Hall–Kier alpha value is -0.770. The number of rotatable bonds is 2. The van der Waals surface area contributed by atoms with Crippen LogP contribution in [0.2, 0.25) is 5.02 Å². The lowest BCUT2D eigenvalue weighted by Gasteiger charge is -2.40. The van der Waals surface area contributed by atoms with Crippen molar-refractivity contribution in [2.45, 2.75) is 50.3 Å². The van der Waals surface area contributed by atoms with Crippen molar-refractivity contribution in [3.05, 3.63) is 28.6 Å². The topological polar surface area (TPSA) is 21.3 Å². The number of ether oxygens (including phenoxy) is 1. The first kappa shape index (κ1) is 12.9. The number of halogens is 1. The van der Waals surface area contributed by atoms with Gasteiger partial charge in [-0.15, -0.1) is 11.3 Å². The molecule has 4 heteroatoms. The van der Waals surface area contributed by atoms with Gasteiger partial charge in [-0.05, 0) is 49.3 Å². The van der Waals surface area contributed by atoms with Crippen LogP contribution in [-0.2, 0) is 0 Å². The summed E-state index contributed by atoms with van der Waals surface area (Å²) in [5, 5.41) is 7.72. The van der Waals surface area contributed by atoms with Crippen molar-refractivity contribution in [3.63, 3.8) is 0 Å². The minimum atomic E-state index is 0.345. The molecule has 0 amide bonds. The van der Waals surface area contributed by atoms with Gasteiger partial charge >= 0.3 is 0 Å². The lowest BCUT2D eigenvalue weighted by molar-refractivity contribution is 0.0941. The molecule has 1 N–H and O–H groups in total. The van der Waals surface area contributed by atoms with Crippen molar-refractivity contribution < 1.29 is 4.74 Å². The molecule has 106 valence electrons. The minimum absolute atomic E-state index is 0.345. The summed E-state index contributed by atoms with van der Waals surface area (Å²) < 4.78 is 7.51. The van der Waals surface area contributed by atoms with Crippen molar-refractivity contribution in [2.24, 2.45) is 0 Å². The van der Waals surface area contributed by atoms with Gasteiger partial charge in [-0.2, -0.15) is 0 Å². The molecule has 3 heterocycles. The van der Waals surface area contributed by atoms with Crippen LogP contribution in [0.4, 0.5) is 0 Å². The van der Waals surface area contributed by atoms with Crippen LogP contribution in [0.3, 0.4) is 0 Å². The molecule has 2 nitrogen and oxygen atoms in total. The Labute approximate surface area is 128 Å². The fourth-order valence-electron chi connectivity index (χ4n) is 3.58. The molecule has 2 saturated heterocycles. The van der Waals surface area contributed by atoms with E-state index in [4.69, 9.17) is 16.3 Å². The molecule has 0 radical (unpaired) electrons. The molecular formula is C16H18ClNOS. The first-order valence-corrected chi connectivity index (χ1v) is 8.64. The average Bonchev–Trinajstić information content (AvgIpc) is 2.92. The Morgan fingerprint density at radius 3 is 2.75 bits per heavy atom. The van der Waals surface area contributed by atoms with Gasteiger partial charge in [0.1, 0.15) is 11.9 Å². The molecule has 1 aromatic heterocycles. The Kier molecular flexibility index (Phi) is 3.37. The monoisotopic (exact) mass is 307 g/mol. The van der Waals surface area contributed by atoms with Gasteiger partial charge in [-0.3, -0.25) is 0 Å². The normalized spacial score (nSPS) is 29.6. The number of hydrogen-bond donors (Lipinski definition) is 1. The molecule has 0 unspecified atom stereocenters. The standard InChI is InChI=1S/C16H18ClNOS/c17-14-4-5-15(16-13(14)6-7-20-16)19-12-8-10-2-1-3-11(9-12)18-10/h4-7,10-12,18H,1-3,8-9H2/t10-,11+,12-. The number of fused-ring (bicyclic) bond motifs is 3. The molecule has 20 heavy (non-hydrogen) atoms. The third-order valence-corrected chi connectivity index (χ3v) is 5.75. The highest BCUT2D eigenvalue weighted by Gasteiger charge is 2.32. The highest BCUT2D eigenvalue weighted by molar-refractivity contribution is 7.17. The summed E-state index contributed by atoms with van der Waals surface area (Å²) in [4.78, 5) is 0. The predicted octanol–water partition coefficient (Wildman–Crippen LogP) is 4.61. The van der Waals surface area contributed by atoms with Crippen LogP contribution in [0.5, 0.6) is 5.75 Å². The molecule has 0 aliphatic carbocycles. The Morgan fingerprint density at radius 1 is 1.15 bits per heavy atom. The number of benzene rings is 1. The summed E-state index contributed by atoms with van der Waals surface area (Å²) >= 11 is 7.95. The van der Waals surface area contributed by atoms with Crippen molar-refractivity contribution in [1.82, 2.24) is 5.32 Å². The quantitative estimate of drug-likeness (QED) is 0.875. The van der Waals surface area contributed by atoms with Gasteiger partial charge < -0.3 is 10.1 Å². The molecule has 4 rings (SSSR count). The second-order valence-corrected chi connectivity index (χ2v) is 7.23. The summed E-state index contributed by atoms with van der Waals surface area (Å²) in [6.07, 6.45) is 6.57. The third kappa shape index (κ3) is 2.32. The predicted molar refractivity (Wildman–Crippen MR) is 85.0 cm³/mol. The smallest absolute Gasteiger partial charge is 0.137 e. The lowest BCUT2D eigenvalue weighted by atomic mass is 9.85. The van der Waals surface area contributed by atoms with Gasteiger partial charge in [-0.1, -0.05) is 18.0 Å². The second-order valence-electron chi connectivity index (χ2n) is 5.91. The first-order valence-electron chi connectivity index (χ1n) is 7.38. The molecule has 2 bridgehead atoms. The maximum atomic E-state index is 6.33. The van der Waals surface area contributed by atoms with Gasteiger partial charge in [0.25, 0.3) is 0 Å². The number of hydrogen-bond acceptors (Lipinski definition) is 3. The molecule has 2 fully saturated rings. The van der Waals surface area contributed by atoms with E-state index in [1.165, 1.54) is 24.0 Å². The fourth-order valence-corrected chi connectivity index (χ4v) is 4.74. The van der Waals surface area contributed by atoms with Gasteiger partial charge in [0.2, 0.25) is 0 Å².